The number of aliphatic hydroxyl groups excluding tert-OH is 1. The summed E-state index contributed by atoms with van der Waals surface area (Å²) in [6.07, 6.45) is 2.56. The largest absolute Gasteiger partial charge is 0.493 e. The number of ether oxygens (including phenoxy) is 1. The smallest absolute Gasteiger partial charge is 0.119 e. The fourth-order valence-electron chi connectivity index (χ4n) is 2.43. The topological polar surface area (TPSA) is 29.5 Å². The summed E-state index contributed by atoms with van der Waals surface area (Å²) in [4.78, 5) is 0. The second-order valence-electron chi connectivity index (χ2n) is 5.73. The van der Waals surface area contributed by atoms with Crippen LogP contribution in [-0.4, -0.2) is 18.3 Å². The second kappa shape index (κ2) is 6.91. The summed E-state index contributed by atoms with van der Waals surface area (Å²) < 4.78 is 5.74. The standard InChI is InChI=1S/C18H18Cl2O2/c19-17-8-5-14(9-18(17)20)16(10-21)13-3-6-15(7-4-13)22-11-12-1-2-12/h3-9,12,16,21H,1-2,10-11H2. The minimum Gasteiger partial charge on any atom is -0.493 e. The summed E-state index contributed by atoms with van der Waals surface area (Å²) >= 11 is 12.0. The van der Waals surface area contributed by atoms with Gasteiger partial charge in [-0.25, -0.2) is 0 Å². The molecule has 4 heteroatoms. The zero-order valence-corrected chi connectivity index (χ0v) is 13.6. The van der Waals surface area contributed by atoms with E-state index in [9.17, 15) is 5.11 Å². The van der Waals surface area contributed by atoms with Gasteiger partial charge in [0, 0.05) is 5.92 Å². The third-order valence-electron chi connectivity index (χ3n) is 3.99. The van der Waals surface area contributed by atoms with Gasteiger partial charge in [-0.2, -0.15) is 0 Å². The fraction of sp³-hybridized carbons (Fsp3) is 0.333. The molecule has 1 aliphatic rings. The quantitative estimate of drug-likeness (QED) is 0.812. The Bertz CT molecular complexity index is 636. The predicted molar refractivity (Wildman–Crippen MR) is 90.1 cm³/mol. The van der Waals surface area contributed by atoms with E-state index in [1.54, 1.807) is 6.07 Å². The molecule has 0 bridgehead atoms. The summed E-state index contributed by atoms with van der Waals surface area (Å²) in [7, 11) is 0. The highest BCUT2D eigenvalue weighted by atomic mass is 35.5. The maximum Gasteiger partial charge on any atom is 0.119 e. The van der Waals surface area contributed by atoms with E-state index in [1.165, 1.54) is 12.8 Å². The maximum absolute atomic E-state index is 9.74. The minimum atomic E-state index is -0.118. The van der Waals surface area contributed by atoms with Gasteiger partial charge >= 0.3 is 0 Å². The Hall–Kier alpha value is -1.22. The molecule has 0 radical (unpaired) electrons. The molecule has 0 saturated heterocycles. The van der Waals surface area contributed by atoms with E-state index >= 15 is 0 Å². The van der Waals surface area contributed by atoms with E-state index in [0.717, 1.165) is 29.4 Å². The molecular formula is C18H18Cl2O2. The molecule has 2 aromatic rings. The summed E-state index contributed by atoms with van der Waals surface area (Å²) in [5, 5.41) is 10.8. The third-order valence-corrected chi connectivity index (χ3v) is 4.73. The van der Waals surface area contributed by atoms with Gasteiger partial charge in [0.05, 0.1) is 23.3 Å². The van der Waals surface area contributed by atoms with Crippen molar-refractivity contribution in [2.45, 2.75) is 18.8 Å². The molecule has 3 rings (SSSR count). The molecule has 1 N–H and O–H groups in total. The van der Waals surface area contributed by atoms with E-state index in [0.29, 0.717) is 10.0 Å². The van der Waals surface area contributed by atoms with E-state index in [2.05, 4.69) is 0 Å². The van der Waals surface area contributed by atoms with Crippen LogP contribution in [0.2, 0.25) is 10.0 Å². The molecular weight excluding hydrogens is 319 g/mol. The van der Waals surface area contributed by atoms with Crippen molar-refractivity contribution in [1.29, 1.82) is 0 Å². The zero-order chi connectivity index (χ0) is 15.5. The summed E-state index contributed by atoms with van der Waals surface area (Å²) in [6, 6.07) is 13.4. The van der Waals surface area contributed by atoms with Crippen LogP contribution in [0.15, 0.2) is 42.5 Å². The van der Waals surface area contributed by atoms with Gasteiger partial charge in [-0.05, 0) is 54.2 Å². The Labute approximate surface area is 140 Å². The SMILES string of the molecule is OCC(c1ccc(OCC2CC2)cc1)c1ccc(Cl)c(Cl)c1. The van der Waals surface area contributed by atoms with Crippen LogP contribution in [-0.2, 0) is 0 Å². The predicted octanol–water partition coefficient (Wildman–Crippen LogP) is 4.91. The number of aliphatic hydroxyl groups is 1. The first kappa shape index (κ1) is 15.7. The van der Waals surface area contributed by atoms with Crippen LogP contribution in [0.5, 0.6) is 5.75 Å². The van der Waals surface area contributed by atoms with E-state index in [-0.39, 0.29) is 12.5 Å². The Balaban J connectivity index is 1.75. The zero-order valence-electron chi connectivity index (χ0n) is 12.1. The van der Waals surface area contributed by atoms with Crippen molar-refractivity contribution >= 4 is 23.2 Å². The highest BCUT2D eigenvalue weighted by Gasteiger charge is 2.22. The van der Waals surface area contributed by atoms with Gasteiger partial charge in [-0.3, -0.25) is 0 Å². The molecule has 0 heterocycles. The lowest BCUT2D eigenvalue weighted by molar-refractivity contribution is 0.280. The van der Waals surface area contributed by atoms with Crippen molar-refractivity contribution in [3.63, 3.8) is 0 Å². The van der Waals surface area contributed by atoms with Gasteiger partial charge in [0.25, 0.3) is 0 Å². The van der Waals surface area contributed by atoms with Gasteiger partial charge in [0.1, 0.15) is 5.75 Å². The normalized spacial score (nSPS) is 15.6. The van der Waals surface area contributed by atoms with Crippen molar-refractivity contribution in [3.05, 3.63) is 63.6 Å². The summed E-state index contributed by atoms with van der Waals surface area (Å²) in [6.45, 7) is 0.815. The van der Waals surface area contributed by atoms with E-state index in [4.69, 9.17) is 27.9 Å². The lowest BCUT2D eigenvalue weighted by atomic mass is 9.92. The lowest BCUT2D eigenvalue weighted by Crippen LogP contribution is -2.06. The fourth-order valence-corrected chi connectivity index (χ4v) is 2.73. The lowest BCUT2D eigenvalue weighted by Gasteiger charge is -2.16. The Morgan fingerprint density at radius 3 is 2.27 bits per heavy atom. The van der Waals surface area contributed by atoms with Crippen LogP contribution in [0.4, 0.5) is 0 Å². The molecule has 1 saturated carbocycles. The minimum absolute atomic E-state index is 0.0141. The molecule has 2 nitrogen and oxygen atoms in total. The highest BCUT2D eigenvalue weighted by Crippen LogP contribution is 2.32. The van der Waals surface area contributed by atoms with Gasteiger partial charge in [-0.15, -0.1) is 0 Å². The van der Waals surface area contributed by atoms with Gasteiger partial charge < -0.3 is 9.84 Å². The average Bonchev–Trinajstić information content (AvgIpc) is 3.35. The first-order chi connectivity index (χ1) is 10.7. The summed E-state index contributed by atoms with van der Waals surface area (Å²) in [5.74, 6) is 1.50. The van der Waals surface area contributed by atoms with Crippen molar-refractivity contribution in [2.24, 2.45) is 5.92 Å². The van der Waals surface area contributed by atoms with Crippen molar-refractivity contribution in [2.75, 3.05) is 13.2 Å². The molecule has 116 valence electrons. The highest BCUT2D eigenvalue weighted by molar-refractivity contribution is 6.42. The molecule has 1 unspecified atom stereocenters. The van der Waals surface area contributed by atoms with Crippen molar-refractivity contribution < 1.29 is 9.84 Å². The average molecular weight is 337 g/mol. The number of halogens is 2. The Morgan fingerprint density at radius 1 is 1.00 bits per heavy atom. The molecule has 2 aromatic carbocycles. The number of benzene rings is 2. The van der Waals surface area contributed by atoms with E-state index in [1.807, 2.05) is 36.4 Å². The maximum atomic E-state index is 9.74. The van der Waals surface area contributed by atoms with Crippen LogP contribution in [0.3, 0.4) is 0 Å². The molecule has 1 fully saturated rings. The monoisotopic (exact) mass is 336 g/mol. The molecule has 0 amide bonds. The second-order valence-corrected chi connectivity index (χ2v) is 6.55. The van der Waals surface area contributed by atoms with Crippen LogP contribution >= 0.6 is 23.2 Å². The Kier molecular flexibility index (Phi) is 4.92. The van der Waals surface area contributed by atoms with Crippen LogP contribution < -0.4 is 4.74 Å². The van der Waals surface area contributed by atoms with Gasteiger partial charge in [0.15, 0.2) is 0 Å². The van der Waals surface area contributed by atoms with E-state index < -0.39 is 0 Å². The van der Waals surface area contributed by atoms with Crippen LogP contribution in [0.1, 0.15) is 29.9 Å². The third kappa shape index (κ3) is 3.75. The molecule has 0 aromatic heterocycles. The molecule has 0 spiro atoms. The molecule has 22 heavy (non-hydrogen) atoms. The van der Waals surface area contributed by atoms with Gasteiger partial charge in [0.2, 0.25) is 0 Å². The number of rotatable bonds is 6. The van der Waals surface area contributed by atoms with Gasteiger partial charge in [-0.1, -0.05) is 41.4 Å². The molecule has 1 atom stereocenters. The number of hydrogen-bond donors (Lipinski definition) is 1. The molecule has 1 aliphatic carbocycles. The Morgan fingerprint density at radius 2 is 1.68 bits per heavy atom. The number of hydrogen-bond acceptors (Lipinski definition) is 2. The first-order valence-corrected chi connectivity index (χ1v) is 8.21. The van der Waals surface area contributed by atoms with Crippen LogP contribution in [0, 0.1) is 5.92 Å². The first-order valence-electron chi connectivity index (χ1n) is 7.46. The van der Waals surface area contributed by atoms with Crippen LogP contribution in [0.25, 0.3) is 0 Å². The molecule has 0 aliphatic heterocycles. The van der Waals surface area contributed by atoms with Crippen molar-refractivity contribution in [1.82, 2.24) is 0 Å². The summed E-state index contributed by atoms with van der Waals surface area (Å²) in [5.41, 5.74) is 1.98. The van der Waals surface area contributed by atoms with Crippen molar-refractivity contribution in [3.8, 4) is 5.75 Å².